The summed E-state index contributed by atoms with van der Waals surface area (Å²) in [5, 5.41) is 10.9. The lowest BCUT2D eigenvalue weighted by molar-refractivity contribution is 0.687. The van der Waals surface area contributed by atoms with Gasteiger partial charge >= 0.3 is 0 Å². The normalized spacial score (nSPS) is 10.9. The second-order valence-corrected chi connectivity index (χ2v) is 6.66. The van der Waals surface area contributed by atoms with Crippen molar-refractivity contribution in [2.24, 2.45) is 0 Å². The minimum absolute atomic E-state index is 0.658. The van der Waals surface area contributed by atoms with Crippen LogP contribution >= 0.6 is 35.0 Å². The maximum atomic E-state index is 6.23. The highest BCUT2D eigenvalue weighted by molar-refractivity contribution is 7.98. The van der Waals surface area contributed by atoms with Gasteiger partial charge in [-0.25, -0.2) is 0 Å². The molecule has 0 unspecified atom stereocenters. The van der Waals surface area contributed by atoms with E-state index in [1.807, 2.05) is 48.5 Å². The molecular weight excluding hydrogens is 349 g/mol. The Hall–Kier alpha value is -1.49. The Bertz CT molecular complexity index is 783. The van der Waals surface area contributed by atoms with Crippen molar-refractivity contribution in [1.82, 2.24) is 14.8 Å². The summed E-state index contributed by atoms with van der Waals surface area (Å²) < 4.78 is 2.10. The van der Waals surface area contributed by atoms with Crippen LogP contribution in [0.4, 0.5) is 0 Å². The minimum atomic E-state index is 0.658. The maximum absolute atomic E-state index is 6.23. The van der Waals surface area contributed by atoms with Crippen molar-refractivity contribution in [3.63, 3.8) is 0 Å². The third kappa shape index (κ3) is 3.55. The van der Waals surface area contributed by atoms with E-state index in [-0.39, 0.29) is 0 Å². The average molecular weight is 364 g/mol. The molecule has 2 aromatic carbocycles. The molecule has 118 valence electrons. The third-order valence-corrected chi connectivity index (χ3v) is 5.17. The molecule has 0 amide bonds. The summed E-state index contributed by atoms with van der Waals surface area (Å²) in [5.74, 6) is 1.53. The second kappa shape index (κ2) is 7.39. The molecule has 0 aliphatic rings. The zero-order valence-corrected chi connectivity index (χ0v) is 14.9. The Labute approximate surface area is 149 Å². The van der Waals surface area contributed by atoms with Gasteiger partial charge in [0.05, 0.1) is 0 Å². The van der Waals surface area contributed by atoms with E-state index in [9.17, 15) is 0 Å². The fraction of sp³-hybridized carbons (Fsp3) is 0.176. The molecule has 1 heterocycles. The van der Waals surface area contributed by atoms with E-state index in [0.717, 1.165) is 28.7 Å². The van der Waals surface area contributed by atoms with E-state index in [4.69, 9.17) is 23.2 Å². The number of halogens is 2. The van der Waals surface area contributed by atoms with Gasteiger partial charge in [-0.3, -0.25) is 0 Å². The van der Waals surface area contributed by atoms with E-state index in [1.165, 1.54) is 0 Å². The predicted molar refractivity (Wildman–Crippen MR) is 97.2 cm³/mol. The average Bonchev–Trinajstić information content (AvgIpc) is 2.98. The molecule has 0 N–H and O–H groups in total. The molecule has 0 bridgehead atoms. The zero-order valence-electron chi connectivity index (χ0n) is 12.5. The second-order valence-electron chi connectivity index (χ2n) is 4.91. The van der Waals surface area contributed by atoms with Gasteiger partial charge in [0, 0.05) is 27.9 Å². The number of hydrogen-bond donors (Lipinski definition) is 0. The molecule has 0 spiro atoms. The van der Waals surface area contributed by atoms with Crippen molar-refractivity contribution in [2.75, 3.05) is 0 Å². The highest BCUT2D eigenvalue weighted by Gasteiger charge is 2.14. The molecule has 0 saturated heterocycles. The molecule has 0 fully saturated rings. The quantitative estimate of drug-likeness (QED) is 0.555. The van der Waals surface area contributed by atoms with Crippen LogP contribution in [0.1, 0.15) is 12.5 Å². The Morgan fingerprint density at radius 2 is 1.65 bits per heavy atom. The fourth-order valence-electron chi connectivity index (χ4n) is 2.29. The lowest BCUT2D eigenvalue weighted by atomic mass is 10.2. The summed E-state index contributed by atoms with van der Waals surface area (Å²) in [6.07, 6.45) is 0. The van der Waals surface area contributed by atoms with Crippen LogP contribution in [0, 0.1) is 0 Å². The SMILES string of the molecule is CCn1c(SCc2c(Cl)cccc2Cl)nnc1-c1ccccc1. The van der Waals surface area contributed by atoms with Gasteiger partial charge in [0.15, 0.2) is 11.0 Å². The summed E-state index contributed by atoms with van der Waals surface area (Å²) >= 11 is 14.0. The molecule has 0 atom stereocenters. The summed E-state index contributed by atoms with van der Waals surface area (Å²) in [5.41, 5.74) is 1.98. The molecule has 0 saturated carbocycles. The van der Waals surface area contributed by atoms with Crippen molar-refractivity contribution in [1.29, 1.82) is 0 Å². The molecule has 0 aliphatic heterocycles. The molecule has 3 nitrogen and oxygen atoms in total. The van der Waals surface area contributed by atoms with Crippen LogP contribution in [-0.4, -0.2) is 14.8 Å². The van der Waals surface area contributed by atoms with Crippen molar-refractivity contribution < 1.29 is 0 Å². The van der Waals surface area contributed by atoms with E-state index < -0.39 is 0 Å². The van der Waals surface area contributed by atoms with E-state index in [1.54, 1.807) is 11.8 Å². The first-order valence-electron chi connectivity index (χ1n) is 7.25. The summed E-state index contributed by atoms with van der Waals surface area (Å²) in [4.78, 5) is 0. The number of aromatic nitrogens is 3. The van der Waals surface area contributed by atoms with Gasteiger partial charge in [0.2, 0.25) is 0 Å². The third-order valence-electron chi connectivity index (χ3n) is 3.47. The standard InChI is InChI=1S/C17H15Cl2N3S/c1-2-22-16(12-7-4-3-5-8-12)20-21-17(22)23-11-13-14(18)9-6-10-15(13)19/h3-10H,2,11H2,1H3. The first kappa shape index (κ1) is 16.4. The number of nitrogens with zero attached hydrogens (tertiary/aromatic N) is 3. The van der Waals surface area contributed by atoms with Gasteiger partial charge in [-0.1, -0.05) is 71.4 Å². The fourth-order valence-corrected chi connectivity index (χ4v) is 4.03. The predicted octanol–water partition coefficient (Wildman–Crippen LogP) is 5.56. The van der Waals surface area contributed by atoms with Crippen molar-refractivity contribution in [3.8, 4) is 11.4 Å². The van der Waals surface area contributed by atoms with Crippen molar-refractivity contribution in [3.05, 3.63) is 64.1 Å². The molecule has 0 radical (unpaired) electrons. The molecular formula is C17H15Cl2N3S. The largest absolute Gasteiger partial charge is 0.302 e. The van der Waals surface area contributed by atoms with Crippen LogP contribution in [0.15, 0.2) is 53.7 Å². The van der Waals surface area contributed by atoms with Crippen LogP contribution in [-0.2, 0) is 12.3 Å². The van der Waals surface area contributed by atoms with Crippen molar-refractivity contribution in [2.45, 2.75) is 24.4 Å². The van der Waals surface area contributed by atoms with Crippen LogP contribution in [0.2, 0.25) is 10.0 Å². The van der Waals surface area contributed by atoms with Crippen LogP contribution in [0.3, 0.4) is 0 Å². The van der Waals surface area contributed by atoms with Gasteiger partial charge in [-0.15, -0.1) is 10.2 Å². The van der Waals surface area contributed by atoms with Gasteiger partial charge in [-0.05, 0) is 24.6 Å². The van der Waals surface area contributed by atoms with Crippen LogP contribution < -0.4 is 0 Å². The van der Waals surface area contributed by atoms with Gasteiger partial charge in [-0.2, -0.15) is 0 Å². The Kier molecular flexibility index (Phi) is 5.26. The summed E-state index contributed by atoms with van der Waals surface area (Å²) in [7, 11) is 0. The van der Waals surface area contributed by atoms with Gasteiger partial charge in [0.25, 0.3) is 0 Å². The molecule has 6 heteroatoms. The smallest absolute Gasteiger partial charge is 0.191 e. The summed E-state index contributed by atoms with van der Waals surface area (Å²) in [6, 6.07) is 15.6. The molecule has 23 heavy (non-hydrogen) atoms. The molecule has 1 aromatic heterocycles. The lowest BCUT2D eigenvalue weighted by Crippen LogP contribution is -2.00. The highest BCUT2D eigenvalue weighted by Crippen LogP contribution is 2.32. The molecule has 3 rings (SSSR count). The Balaban J connectivity index is 1.86. The van der Waals surface area contributed by atoms with Crippen LogP contribution in [0.25, 0.3) is 11.4 Å². The van der Waals surface area contributed by atoms with Crippen LogP contribution in [0.5, 0.6) is 0 Å². The van der Waals surface area contributed by atoms with E-state index >= 15 is 0 Å². The minimum Gasteiger partial charge on any atom is -0.302 e. The van der Waals surface area contributed by atoms with Crippen molar-refractivity contribution >= 4 is 35.0 Å². The molecule has 0 aliphatic carbocycles. The Morgan fingerprint density at radius 1 is 0.957 bits per heavy atom. The number of benzene rings is 2. The Morgan fingerprint density at radius 3 is 2.30 bits per heavy atom. The monoisotopic (exact) mass is 363 g/mol. The van der Waals surface area contributed by atoms with Gasteiger partial charge in [0.1, 0.15) is 0 Å². The lowest BCUT2D eigenvalue weighted by Gasteiger charge is -2.09. The number of hydrogen-bond acceptors (Lipinski definition) is 3. The number of thioether (sulfide) groups is 1. The first-order valence-corrected chi connectivity index (χ1v) is 8.99. The van der Waals surface area contributed by atoms with E-state index in [0.29, 0.717) is 15.8 Å². The molecule has 3 aromatic rings. The van der Waals surface area contributed by atoms with E-state index in [2.05, 4.69) is 21.7 Å². The highest BCUT2D eigenvalue weighted by atomic mass is 35.5. The maximum Gasteiger partial charge on any atom is 0.191 e. The topological polar surface area (TPSA) is 30.7 Å². The first-order chi connectivity index (χ1) is 11.2. The zero-order chi connectivity index (χ0) is 16.2. The summed E-state index contributed by atoms with van der Waals surface area (Å²) in [6.45, 7) is 2.89. The van der Waals surface area contributed by atoms with Gasteiger partial charge < -0.3 is 4.57 Å². The number of rotatable bonds is 5.